The van der Waals surface area contributed by atoms with Gasteiger partial charge in [0.25, 0.3) is 0 Å². The predicted molar refractivity (Wildman–Crippen MR) is 189 cm³/mol. The van der Waals surface area contributed by atoms with E-state index < -0.39 is 79.9 Å². The van der Waals surface area contributed by atoms with Crippen LogP contribution in [0.4, 0.5) is 0 Å². The highest BCUT2D eigenvalue weighted by Crippen LogP contribution is 2.43. The Morgan fingerprint density at radius 2 is 1.47 bits per heavy atom. The summed E-state index contributed by atoms with van der Waals surface area (Å²) in [6.45, 7) is 10.5. The SMILES string of the molecule is C=C1C[C@@H]2CCC(=O)C[C@@H]3O[C@@H]4[C@H](O)[C@@H](O[C@H]5CC[C@H](CC(=O)C[C@@H]6[C@@H](OC)[C@@H](C[C@H](O)CO)O[C@H]6C[C@H]6O[C@@H](CC[C@@H]1O2)C[C@@H](C)C6=C)O[C@H]45)[C@H]3O. The Kier molecular flexibility index (Phi) is 12.6. The van der Waals surface area contributed by atoms with E-state index in [4.69, 9.17) is 33.2 Å². The Labute approximate surface area is 312 Å². The van der Waals surface area contributed by atoms with Gasteiger partial charge in [-0.3, -0.25) is 9.59 Å². The largest absolute Gasteiger partial charge is 0.394 e. The first kappa shape index (κ1) is 39.6. The van der Waals surface area contributed by atoms with Crippen molar-refractivity contribution in [1.82, 2.24) is 0 Å². The fourth-order valence-corrected chi connectivity index (χ4v) is 10.1. The summed E-state index contributed by atoms with van der Waals surface area (Å²) in [6.07, 6.45) is -3.65. The molecule has 0 aromatic rings. The van der Waals surface area contributed by atoms with Crippen LogP contribution in [0.5, 0.6) is 0 Å². The first-order valence-corrected chi connectivity index (χ1v) is 19.9. The Morgan fingerprint density at radius 1 is 0.736 bits per heavy atom. The van der Waals surface area contributed by atoms with Crippen LogP contribution in [0.15, 0.2) is 24.3 Å². The molecule has 298 valence electrons. The van der Waals surface area contributed by atoms with Gasteiger partial charge in [0.05, 0.1) is 73.8 Å². The molecule has 0 aliphatic carbocycles. The molecule has 0 radical (unpaired) electrons. The lowest BCUT2D eigenvalue weighted by Gasteiger charge is -2.54. The minimum absolute atomic E-state index is 0.0219. The molecule has 7 saturated heterocycles. The molecule has 0 unspecified atom stereocenters. The van der Waals surface area contributed by atoms with E-state index in [0.717, 1.165) is 30.4 Å². The quantitative estimate of drug-likeness (QED) is 0.308. The third kappa shape index (κ3) is 8.56. The lowest BCUT2D eigenvalue weighted by atomic mass is 9.81. The average molecular weight is 749 g/mol. The van der Waals surface area contributed by atoms with Crippen molar-refractivity contribution in [3.63, 3.8) is 0 Å². The van der Waals surface area contributed by atoms with Gasteiger partial charge in [0.1, 0.15) is 42.1 Å². The molecule has 7 aliphatic heterocycles. The lowest BCUT2D eigenvalue weighted by molar-refractivity contribution is -0.333. The van der Waals surface area contributed by atoms with Gasteiger partial charge in [0.15, 0.2) is 0 Å². The third-order valence-electron chi connectivity index (χ3n) is 13.1. The van der Waals surface area contributed by atoms with E-state index >= 15 is 0 Å². The summed E-state index contributed by atoms with van der Waals surface area (Å²) in [6, 6.07) is 0. The van der Waals surface area contributed by atoms with Crippen LogP contribution in [-0.4, -0.2) is 143 Å². The number of methoxy groups -OCH3 is 1. The third-order valence-corrected chi connectivity index (χ3v) is 13.1. The fourth-order valence-electron chi connectivity index (χ4n) is 10.1. The van der Waals surface area contributed by atoms with Gasteiger partial charge in [0, 0.05) is 51.6 Å². The number of aliphatic hydroxyl groups excluding tert-OH is 4. The summed E-state index contributed by atoms with van der Waals surface area (Å²) in [5.74, 6) is -0.225. The van der Waals surface area contributed by atoms with Crippen LogP contribution in [0.2, 0.25) is 0 Å². The first-order chi connectivity index (χ1) is 25.4. The average Bonchev–Trinajstić information content (AvgIpc) is 3.64. The van der Waals surface area contributed by atoms with Crippen LogP contribution in [0.3, 0.4) is 0 Å². The molecular weight excluding hydrogens is 688 g/mol. The van der Waals surface area contributed by atoms with E-state index in [1.165, 1.54) is 0 Å². The Morgan fingerprint density at radius 3 is 2.25 bits per heavy atom. The van der Waals surface area contributed by atoms with Crippen LogP contribution >= 0.6 is 0 Å². The molecule has 9 bridgehead atoms. The van der Waals surface area contributed by atoms with Gasteiger partial charge in [-0.25, -0.2) is 0 Å². The van der Waals surface area contributed by atoms with E-state index in [2.05, 4.69) is 20.1 Å². The highest BCUT2D eigenvalue weighted by Gasteiger charge is 2.57. The molecule has 4 N–H and O–H groups in total. The van der Waals surface area contributed by atoms with E-state index in [9.17, 15) is 30.0 Å². The highest BCUT2D eigenvalue weighted by molar-refractivity contribution is 5.79. The number of carbonyl (C=O) groups excluding carboxylic acids is 2. The topological polar surface area (TPSA) is 180 Å². The second kappa shape index (κ2) is 16.9. The molecule has 7 rings (SSSR count). The number of Topliss-reactive ketones (excluding diaryl/α,β-unsaturated/α-hetero) is 2. The Hall–Kier alpha value is -1.62. The van der Waals surface area contributed by atoms with Crippen LogP contribution in [0.1, 0.15) is 90.4 Å². The van der Waals surface area contributed by atoms with Gasteiger partial charge < -0.3 is 53.6 Å². The molecule has 13 heteroatoms. The molecule has 7 heterocycles. The highest BCUT2D eigenvalue weighted by atomic mass is 16.6. The predicted octanol–water partition coefficient (Wildman–Crippen LogP) is 2.27. The van der Waals surface area contributed by atoms with Gasteiger partial charge in [-0.1, -0.05) is 20.1 Å². The summed E-state index contributed by atoms with van der Waals surface area (Å²) in [4.78, 5) is 27.1. The number of ether oxygens (including phenoxy) is 7. The molecule has 18 atom stereocenters. The van der Waals surface area contributed by atoms with Crippen molar-refractivity contribution in [3.05, 3.63) is 24.3 Å². The van der Waals surface area contributed by atoms with E-state index in [1.54, 1.807) is 7.11 Å². The summed E-state index contributed by atoms with van der Waals surface area (Å²) in [5.41, 5.74) is 2.00. The number of carbonyl (C=O) groups is 2. The lowest BCUT2D eigenvalue weighted by Crippen LogP contribution is -2.70. The molecule has 0 aromatic heterocycles. The summed E-state index contributed by atoms with van der Waals surface area (Å²) >= 11 is 0. The maximum atomic E-state index is 13.9. The maximum Gasteiger partial charge on any atom is 0.135 e. The van der Waals surface area contributed by atoms with E-state index in [0.29, 0.717) is 32.1 Å². The number of hydrogen-bond donors (Lipinski definition) is 4. The number of ketones is 2. The van der Waals surface area contributed by atoms with Crippen LogP contribution in [-0.2, 0) is 42.7 Å². The summed E-state index contributed by atoms with van der Waals surface area (Å²) in [5, 5.41) is 42.3. The molecule has 53 heavy (non-hydrogen) atoms. The molecule has 13 nitrogen and oxygen atoms in total. The summed E-state index contributed by atoms with van der Waals surface area (Å²) < 4.78 is 44.6. The van der Waals surface area contributed by atoms with Crippen LogP contribution < -0.4 is 0 Å². The number of fused-ring (bicyclic) bond motifs is 8. The zero-order valence-electron chi connectivity index (χ0n) is 31.2. The van der Waals surface area contributed by atoms with Gasteiger partial charge in [-0.15, -0.1) is 0 Å². The number of hydrogen-bond acceptors (Lipinski definition) is 13. The van der Waals surface area contributed by atoms with Crippen molar-refractivity contribution in [2.45, 2.75) is 188 Å². The zero-order valence-corrected chi connectivity index (χ0v) is 31.2. The van der Waals surface area contributed by atoms with Gasteiger partial charge >= 0.3 is 0 Å². The van der Waals surface area contributed by atoms with Crippen molar-refractivity contribution in [3.8, 4) is 0 Å². The Balaban J connectivity index is 1.13. The molecular formula is C40H60O13. The normalized spacial score (nSPS) is 47.7. The van der Waals surface area contributed by atoms with Gasteiger partial charge in [-0.05, 0) is 62.0 Å². The maximum absolute atomic E-state index is 13.9. The van der Waals surface area contributed by atoms with E-state index in [1.807, 2.05) is 0 Å². The van der Waals surface area contributed by atoms with Crippen molar-refractivity contribution in [2.75, 3.05) is 13.7 Å². The van der Waals surface area contributed by atoms with Crippen LogP contribution in [0, 0.1) is 11.8 Å². The number of aliphatic hydroxyl groups is 4. The van der Waals surface area contributed by atoms with Crippen molar-refractivity contribution in [2.24, 2.45) is 11.8 Å². The van der Waals surface area contributed by atoms with Gasteiger partial charge in [-0.2, -0.15) is 0 Å². The minimum Gasteiger partial charge on any atom is -0.394 e. The molecule has 7 fully saturated rings. The minimum atomic E-state index is -1.17. The fraction of sp³-hybridized carbons (Fsp3) is 0.850. The molecule has 7 aliphatic rings. The smallest absolute Gasteiger partial charge is 0.135 e. The monoisotopic (exact) mass is 748 g/mol. The molecule has 0 spiro atoms. The van der Waals surface area contributed by atoms with Crippen LogP contribution in [0.25, 0.3) is 0 Å². The second-order valence-corrected chi connectivity index (χ2v) is 16.8. The van der Waals surface area contributed by atoms with Crippen molar-refractivity contribution < 1.29 is 63.2 Å². The molecule has 0 aromatic carbocycles. The zero-order chi connectivity index (χ0) is 37.6. The Bertz CT molecular complexity index is 1340. The van der Waals surface area contributed by atoms with Crippen molar-refractivity contribution >= 4 is 11.6 Å². The first-order valence-electron chi connectivity index (χ1n) is 19.9. The second-order valence-electron chi connectivity index (χ2n) is 16.8. The standard InChI is InChI=1S/C40H60O13/c1-19-11-26-7-9-29-20(2)12-25(48-29)6-5-22(42)15-33-35(45)39-36(46)40(53-33)38-30(52-39)10-8-27(50-38)13-23(43)14-28-32(17-31(49-26)21(19)3)51-34(37(28)47-4)16-24(44)18-41/h19,24-41,44-46H,2-3,5-18H2,1,4H3/t19-,24+,25+,26+,27-,28+,29+,30+,31-,32+,33+,34-,35+,36-,37-,38+,39+,40-/m1/s1. The molecule has 0 saturated carbocycles. The van der Waals surface area contributed by atoms with E-state index in [-0.39, 0.29) is 79.9 Å². The van der Waals surface area contributed by atoms with Gasteiger partial charge in [0.2, 0.25) is 0 Å². The number of rotatable bonds is 4. The summed E-state index contributed by atoms with van der Waals surface area (Å²) in [7, 11) is 1.58. The van der Waals surface area contributed by atoms with Crippen molar-refractivity contribution in [1.29, 1.82) is 0 Å². The molecule has 0 amide bonds.